The summed E-state index contributed by atoms with van der Waals surface area (Å²) in [4.78, 5) is 0. The van der Waals surface area contributed by atoms with E-state index in [1.165, 1.54) is 0 Å². The molecule has 0 amide bonds. The van der Waals surface area contributed by atoms with Crippen LogP contribution in [0.1, 0.15) is 17.2 Å². The molecule has 0 fully saturated rings. The number of hydrogen-bond donors (Lipinski definition) is 2. The minimum atomic E-state index is -0.580. The van der Waals surface area contributed by atoms with Gasteiger partial charge in [0.15, 0.2) is 0 Å². The summed E-state index contributed by atoms with van der Waals surface area (Å²) in [6, 6.07) is 13.5. The standard InChI is InChI=1S/C16H18BrNO2/c1-11-6-7-13(17)9-15(11)18-10-16(19)12-4-3-5-14(8-12)20-2/h3-9,16,18-19H,10H2,1-2H3. The van der Waals surface area contributed by atoms with Crippen molar-refractivity contribution < 1.29 is 9.84 Å². The van der Waals surface area contributed by atoms with Crippen molar-refractivity contribution in [1.82, 2.24) is 0 Å². The van der Waals surface area contributed by atoms with Crippen molar-refractivity contribution in [2.75, 3.05) is 19.0 Å². The smallest absolute Gasteiger partial charge is 0.119 e. The van der Waals surface area contributed by atoms with Crippen molar-refractivity contribution in [3.05, 3.63) is 58.1 Å². The molecule has 0 aliphatic carbocycles. The quantitative estimate of drug-likeness (QED) is 0.870. The van der Waals surface area contributed by atoms with Gasteiger partial charge >= 0.3 is 0 Å². The van der Waals surface area contributed by atoms with Crippen LogP contribution >= 0.6 is 15.9 Å². The van der Waals surface area contributed by atoms with E-state index in [-0.39, 0.29) is 0 Å². The van der Waals surface area contributed by atoms with Gasteiger partial charge in [-0.3, -0.25) is 0 Å². The van der Waals surface area contributed by atoms with Crippen molar-refractivity contribution >= 4 is 21.6 Å². The Hall–Kier alpha value is -1.52. The molecule has 0 radical (unpaired) electrons. The highest BCUT2D eigenvalue weighted by Crippen LogP contribution is 2.23. The second-order valence-corrected chi connectivity index (χ2v) is 5.55. The summed E-state index contributed by atoms with van der Waals surface area (Å²) in [7, 11) is 1.62. The number of nitrogens with one attached hydrogen (secondary N) is 1. The molecule has 3 nitrogen and oxygen atoms in total. The fourth-order valence-electron chi connectivity index (χ4n) is 1.96. The van der Waals surface area contributed by atoms with Crippen LogP contribution in [0.2, 0.25) is 0 Å². The Balaban J connectivity index is 2.04. The van der Waals surface area contributed by atoms with Gasteiger partial charge in [0.2, 0.25) is 0 Å². The van der Waals surface area contributed by atoms with Gasteiger partial charge in [0.05, 0.1) is 13.2 Å². The lowest BCUT2D eigenvalue weighted by atomic mass is 10.1. The molecule has 0 saturated carbocycles. The van der Waals surface area contributed by atoms with Crippen LogP contribution in [0.3, 0.4) is 0 Å². The average molecular weight is 336 g/mol. The number of aliphatic hydroxyl groups is 1. The van der Waals surface area contributed by atoms with Gasteiger partial charge in [-0.1, -0.05) is 34.1 Å². The van der Waals surface area contributed by atoms with E-state index in [9.17, 15) is 5.11 Å². The maximum Gasteiger partial charge on any atom is 0.119 e. The third-order valence-electron chi connectivity index (χ3n) is 3.16. The Morgan fingerprint density at radius 2 is 2.05 bits per heavy atom. The molecule has 0 heterocycles. The first kappa shape index (κ1) is 14.9. The predicted molar refractivity (Wildman–Crippen MR) is 85.3 cm³/mol. The third kappa shape index (κ3) is 3.74. The normalized spacial score (nSPS) is 12.0. The van der Waals surface area contributed by atoms with Crippen molar-refractivity contribution in [1.29, 1.82) is 0 Å². The number of aliphatic hydroxyl groups excluding tert-OH is 1. The zero-order valence-corrected chi connectivity index (χ0v) is 13.1. The minimum Gasteiger partial charge on any atom is -0.497 e. The van der Waals surface area contributed by atoms with Crippen molar-refractivity contribution in [2.45, 2.75) is 13.0 Å². The molecule has 106 valence electrons. The summed E-state index contributed by atoms with van der Waals surface area (Å²) in [5.74, 6) is 0.750. The highest BCUT2D eigenvalue weighted by atomic mass is 79.9. The molecule has 0 aromatic heterocycles. The Morgan fingerprint density at radius 3 is 2.80 bits per heavy atom. The van der Waals surface area contributed by atoms with E-state index in [4.69, 9.17) is 4.74 Å². The van der Waals surface area contributed by atoms with Gasteiger partial charge in [0, 0.05) is 16.7 Å². The zero-order chi connectivity index (χ0) is 14.5. The van der Waals surface area contributed by atoms with Gasteiger partial charge < -0.3 is 15.2 Å². The van der Waals surface area contributed by atoms with Crippen LogP contribution in [-0.2, 0) is 0 Å². The lowest BCUT2D eigenvalue weighted by molar-refractivity contribution is 0.191. The van der Waals surface area contributed by atoms with E-state index in [1.807, 2.05) is 49.4 Å². The molecule has 0 aliphatic heterocycles. The fourth-order valence-corrected chi connectivity index (χ4v) is 2.32. The monoisotopic (exact) mass is 335 g/mol. The molecule has 1 unspecified atom stereocenters. The van der Waals surface area contributed by atoms with Crippen LogP contribution in [0.25, 0.3) is 0 Å². The van der Waals surface area contributed by atoms with Gasteiger partial charge in [-0.15, -0.1) is 0 Å². The number of ether oxygens (including phenoxy) is 1. The van der Waals surface area contributed by atoms with Crippen LogP contribution in [0.5, 0.6) is 5.75 Å². The topological polar surface area (TPSA) is 41.5 Å². The molecule has 1 atom stereocenters. The summed E-state index contributed by atoms with van der Waals surface area (Å²) in [5, 5.41) is 13.5. The lowest BCUT2D eigenvalue weighted by Crippen LogP contribution is -2.12. The van der Waals surface area contributed by atoms with Gasteiger partial charge in [0.25, 0.3) is 0 Å². The number of rotatable bonds is 5. The van der Waals surface area contributed by atoms with Crippen molar-refractivity contribution in [3.63, 3.8) is 0 Å². The molecule has 2 rings (SSSR count). The molecule has 2 aromatic carbocycles. The van der Waals surface area contributed by atoms with Crippen LogP contribution in [0, 0.1) is 6.92 Å². The summed E-state index contributed by atoms with van der Waals surface area (Å²) in [6.45, 7) is 2.48. The summed E-state index contributed by atoms with van der Waals surface area (Å²) in [5.41, 5.74) is 3.00. The van der Waals surface area contributed by atoms with Gasteiger partial charge in [-0.2, -0.15) is 0 Å². The molecule has 4 heteroatoms. The molecule has 2 aromatic rings. The van der Waals surface area contributed by atoms with E-state index in [0.717, 1.165) is 27.0 Å². The maximum atomic E-state index is 10.2. The largest absolute Gasteiger partial charge is 0.497 e. The predicted octanol–water partition coefficient (Wildman–Crippen LogP) is 3.91. The molecule has 0 spiro atoms. The first-order valence-corrected chi connectivity index (χ1v) is 7.21. The van der Waals surface area contributed by atoms with E-state index < -0.39 is 6.10 Å². The molecule has 0 bridgehead atoms. The van der Waals surface area contributed by atoms with Gasteiger partial charge in [0.1, 0.15) is 5.75 Å². The number of aryl methyl sites for hydroxylation is 1. The van der Waals surface area contributed by atoms with E-state index >= 15 is 0 Å². The second kappa shape index (κ2) is 6.77. The second-order valence-electron chi connectivity index (χ2n) is 4.63. The summed E-state index contributed by atoms with van der Waals surface area (Å²) < 4.78 is 6.18. The molecule has 0 saturated heterocycles. The van der Waals surface area contributed by atoms with Crippen LogP contribution in [0.15, 0.2) is 46.9 Å². The molecular weight excluding hydrogens is 318 g/mol. The van der Waals surface area contributed by atoms with Crippen LogP contribution < -0.4 is 10.1 Å². The summed E-state index contributed by atoms with van der Waals surface area (Å²) in [6.07, 6.45) is -0.580. The molecule has 0 aliphatic rings. The maximum absolute atomic E-state index is 10.2. The lowest BCUT2D eigenvalue weighted by Gasteiger charge is -2.15. The van der Waals surface area contributed by atoms with E-state index in [2.05, 4.69) is 21.2 Å². The van der Waals surface area contributed by atoms with Crippen molar-refractivity contribution in [2.24, 2.45) is 0 Å². The third-order valence-corrected chi connectivity index (χ3v) is 3.66. The number of halogens is 1. The van der Waals surface area contributed by atoms with Gasteiger partial charge in [-0.05, 0) is 42.3 Å². The van der Waals surface area contributed by atoms with Gasteiger partial charge in [-0.25, -0.2) is 0 Å². The van der Waals surface area contributed by atoms with Crippen LogP contribution in [0.4, 0.5) is 5.69 Å². The van der Waals surface area contributed by atoms with Crippen LogP contribution in [-0.4, -0.2) is 18.8 Å². The number of methoxy groups -OCH3 is 1. The Bertz CT molecular complexity index is 586. The molecule has 2 N–H and O–H groups in total. The first-order valence-electron chi connectivity index (χ1n) is 6.42. The minimum absolute atomic E-state index is 0.449. The first-order chi connectivity index (χ1) is 9.60. The molecular formula is C16H18BrNO2. The number of anilines is 1. The number of hydrogen-bond acceptors (Lipinski definition) is 3. The van der Waals surface area contributed by atoms with Crippen molar-refractivity contribution in [3.8, 4) is 5.75 Å². The summed E-state index contributed by atoms with van der Waals surface area (Å²) >= 11 is 3.45. The zero-order valence-electron chi connectivity index (χ0n) is 11.6. The Morgan fingerprint density at radius 1 is 1.25 bits per heavy atom. The number of benzene rings is 2. The Labute approximate surface area is 127 Å². The SMILES string of the molecule is COc1cccc(C(O)CNc2cc(Br)ccc2C)c1. The highest BCUT2D eigenvalue weighted by molar-refractivity contribution is 9.10. The van der Waals surface area contributed by atoms with E-state index in [0.29, 0.717) is 6.54 Å². The Kier molecular flexibility index (Phi) is 5.04. The van der Waals surface area contributed by atoms with E-state index in [1.54, 1.807) is 7.11 Å². The fraction of sp³-hybridized carbons (Fsp3) is 0.250. The average Bonchev–Trinajstić information content (AvgIpc) is 2.48. The molecule has 20 heavy (non-hydrogen) atoms. The highest BCUT2D eigenvalue weighted by Gasteiger charge is 2.09.